The Morgan fingerprint density at radius 1 is 1.15 bits per heavy atom. The Labute approximate surface area is 223 Å². The number of ether oxygens (including phenoxy) is 2. The van der Waals surface area contributed by atoms with Gasteiger partial charge >= 0.3 is 5.97 Å². The zero-order chi connectivity index (χ0) is 27.5. The molecule has 1 fully saturated rings. The van der Waals surface area contributed by atoms with Crippen LogP contribution in [0.5, 0.6) is 11.5 Å². The van der Waals surface area contributed by atoms with Gasteiger partial charge < -0.3 is 29.7 Å². The summed E-state index contributed by atoms with van der Waals surface area (Å²) in [5, 5.41) is 33.4. The summed E-state index contributed by atoms with van der Waals surface area (Å²) in [6, 6.07) is 5.21. The van der Waals surface area contributed by atoms with Crippen LogP contribution in [0.25, 0.3) is 33.5 Å². The van der Waals surface area contributed by atoms with Crippen LogP contribution < -0.4 is 20.3 Å². The van der Waals surface area contributed by atoms with Gasteiger partial charge in [-0.25, -0.2) is 9.78 Å². The van der Waals surface area contributed by atoms with Gasteiger partial charge in [0.2, 0.25) is 0 Å². The molecular weight excluding hydrogens is 502 g/mol. The molecule has 3 N–H and O–H groups in total. The summed E-state index contributed by atoms with van der Waals surface area (Å²) in [6.07, 6.45) is 5.75. The van der Waals surface area contributed by atoms with Crippen LogP contribution in [0.4, 0.5) is 0 Å². The third kappa shape index (κ3) is 3.97. The summed E-state index contributed by atoms with van der Waals surface area (Å²) in [6.45, 7) is 5.74. The van der Waals surface area contributed by atoms with E-state index in [1.54, 1.807) is 6.20 Å². The van der Waals surface area contributed by atoms with Crippen molar-refractivity contribution in [3.05, 3.63) is 51.1 Å². The number of carboxylic acids is 1. The topological polar surface area (TPSA) is 134 Å². The van der Waals surface area contributed by atoms with Crippen molar-refractivity contribution in [2.75, 3.05) is 26.3 Å². The van der Waals surface area contributed by atoms with Gasteiger partial charge in [-0.1, -0.05) is 13.8 Å². The molecule has 1 aromatic carbocycles. The molecule has 204 valence electrons. The van der Waals surface area contributed by atoms with Crippen LogP contribution in [0.3, 0.4) is 0 Å². The second kappa shape index (κ2) is 9.39. The fourth-order valence-electron chi connectivity index (χ4n) is 5.73. The van der Waals surface area contributed by atoms with Crippen molar-refractivity contribution in [3.8, 4) is 11.5 Å². The number of rotatable bonds is 5. The zero-order valence-electron chi connectivity index (χ0n) is 21.9. The fourth-order valence-corrected chi connectivity index (χ4v) is 5.73. The van der Waals surface area contributed by atoms with Gasteiger partial charge in [0.25, 0.3) is 5.56 Å². The van der Waals surface area contributed by atoms with Gasteiger partial charge in [0.05, 0.1) is 23.2 Å². The third-order valence-corrected chi connectivity index (χ3v) is 8.17. The molecule has 2 aliphatic heterocycles. The molecule has 10 nitrogen and oxygen atoms in total. The average Bonchev–Trinajstić information content (AvgIpc) is 3.31. The van der Waals surface area contributed by atoms with Crippen molar-refractivity contribution in [2.45, 2.75) is 45.3 Å². The Morgan fingerprint density at radius 2 is 1.85 bits per heavy atom. The molecule has 0 bridgehead atoms. The number of benzene rings is 1. The van der Waals surface area contributed by atoms with Crippen LogP contribution in [0.15, 0.2) is 29.2 Å². The maximum Gasteiger partial charge on any atom is 0.340 e. The molecule has 2 aliphatic rings. The molecule has 0 spiro atoms. The van der Waals surface area contributed by atoms with Crippen molar-refractivity contribution < 1.29 is 29.6 Å². The first kappa shape index (κ1) is 25.4. The maximum absolute atomic E-state index is 13.6. The summed E-state index contributed by atoms with van der Waals surface area (Å²) in [7, 11) is 0. The molecule has 1 saturated heterocycles. The molecule has 5 heterocycles. The molecule has 4 aromatic rings. The van der Waals surface area contributed by atoms with Gasteiger partial charge in [-0.15, -0.1) is 0 Å². The minimum Gasteiger partial charge on any atom is -0.486 e. The molecule has 0 radical (unpaired) electrons. The first-order chi connectivity index (χ1) is 18.7. The van der Waals surface area contributed by atoms with E-state index in [9.17, 15) is 24.9 Å². The maximum atomic E-state index is 13.6. The Morgan fingerprint density at radius 3 is 2.49 bits per heavy atom. The minimum atomic E-state index is -2.34. The van der Waals surface area contributed by atoms with E-state index < -0.39 is 23.7 Å². The number of aliphatic carboxylic acids is 1. The average molecular weight is 534 g/mol. The Kier molecular flexibility index (Phi) is 6.11. The lowest BCUT2D eigenvalue weighted by Gasteiger charge is -2.29. The number of fused-ring (bicyclic) bond motifs is 5. The summed E-state index contributed by atoms with van der Waals surface area (Å²) in [4.78, 5) is 32.9. The largest absolute Gasteiger partial charge is 0.486 e. The molecular formula is C29H31N3O7. The number of aromatic nitrogens is 2. The highest BCUT2D eigenvalue weighted by Crippen LogP contribution is 2.35. The summed E-state index contributed by atoms with van der Waals surface area (Å²) in [5.41, 5.74) is -1.74. The van der Waals surface area contributed by atoms with Crippen LogP contribution in [0.2, 0.25) is 0 Å². The van der Waals surface area contributed by atoms with Gasteiger partial charge in [-0.3, -0.25) is 9.20 Å². The quantitative estimate of drug-likeness (QED) is 0.353. The van der Waals surface area contributed by atoms with Gasteiger partial charge in [0, 0.05) is 58.7 Å². The van der Waals surface area contributed by atoms with E-state index in [1.165, 1.54) is 17.4 Å². The molecule has 3 aromatic heterocycles. The minimum absolute atomic E-state index is 0.128. The Hall–Kier alpha value is -3.89. The van der Waals surface area contributed by atoms with E-state index in [4.69, 9.17) is 14.5 Å². The van der Waals surface area contributed by atoms with E-state index >= 15 is 0 Å². The second-order valence-corrected chi connectivity index (χ2v) is 10.6. The van der Waals surface area contributed by atoms with E-state index in [1.807, 2.05) is 12.1 Å². The summed E-state index contributed by atoms with van der Waals surface area (Å²) in [5.74, 6) is 0.378. The number of pyridine rings is 2. The van der Waals surface area contributed by atoms with Crippen molar-refractivity contribution in [1.29, 1.82) is 0 Å². The molecule has 1 atom stereocenters. The monoisotopic (exact) mass is 533 g/mol. The predicted octanol–water partition coefficient (Wildman–Crippen LogP) is 2.14. The zero-order valence-corrected chi connectivity index (χ0v) is 21.9. The van der Waals surface area contributed by atoms with Crippen LogP contribution in [-0.4, -0.2) is 61.9 Å². The Balaban J connectivity index is 1.72. The lowest BCUT2D eigenvalue weighted by Crippen LogP contribution is -2.38. The fraction of sp³-hybridized carbons (Fsp3) is 0.414. The molecule has 10 heteroatoms. The standard InChI is InChI=1S/C29H31N3O7/c1-3-29(37,28(35)36)21-11-23-26-19(14-32(23)27(34)20(21)15-33)18(13-31-6-4-16(2)5-7-31)17-10-24-25(12-22(17)30-26)39-9-8-38-24/h10-14,16,33,37H,3-9,15H2,1-2H3,(H,35,36)/b18-13-/t29-/m0/s1. The van der Waals surface area contributed by atoms with E-state index in [2.05, 4.69) is 18.0 Å². The van der Waals surface area contributed by atoms with E-state index in [0.717, 1.165) is 36.5 Å². The molecule has 0 amide bonds. The number of aliphatic hydroxyl groups excluding tert-OH is 1. The van der Waals surface area contributed by atoms with Crippen molar-refractivity contribution in [2.24, 2.45) is 5.92 Å². The number of hydrogen-bond donors (Lipinski definition) is 3. The number of piperidine rings is 1. The number of hydrogen-bond acceptors (Lipinski definition) is 8. The van der Waals surface area contributed by atoms with Gasteiger partial charge in [0.15, 0.2) is 17.1 Å². The molecule has 0 unspecified atom stereocenters. The van der Waals surface area contributed by atoms with Crippen LogP contribution in [0.1, 0.15) is 44.2 Å². The number of carboxylic acid groups (broad SMARTS) is 1. The normalized spacial score (nSPS) is 18.3. The number of likely N-dealkylation sites (tertiary alicyclic amines) is 1. The highest BCUT2D eigenvalue weighted by molar-refractivity contribution is 6.03. The van der Waals surface area contributed by atoms with Gasteiger partial charge in [0.1, 0.15) is 13.2 Å². The van der Waals surface area contributed by atoms with E-state index in [0.29, 0.717) is 52.6 Å². The second-order valence-electron chi connectivity index (χ2n) is 10.6. The molecule has 0 saturated carbocycles. The number of aliphatic hydroxyl groups is 2. The van der Waals surface area contributed by atoms with Crippen molar-refractivity contribution in [1.82, 2.24) is 14.3 Å². The van der Waals surface area contributed by atoms with Crippen LogP contribution in [0, 0.1) is 5.92 Å². The third-order valence-electron chi connectivity index (χ3n) is 8.17. The molecule has 6 rings (SSSR count). The van der Waals surface area contributed by atoms with Crippen LogP contribution >= 0.6 is 0 Å². The highest BCUT2D eigenvalue weighted by Gasteiger charge is 2.39. The van der Waals surface area contributed by atoms with Gasteiger partial charge in [-0.2, -0.15) is 0 Å². The molecule has 39 heavy (non-hydrogen) atoms. The smallest absolute Gasteiger partial charge is 0.340 e. The summed E-state index contributed by atoms with van der Waals surface area (Å²) < 4.78 is 13.0. The van der Waals surface area contributed by atoms with Crippen LogP contribution in [-0.2, 0) is 17.0 Å². The lowest BCUT2D eigenvalue weighted by molar-refractivity contribution is -0.160. The predicted molar refractivity (Wildman–Crippen MR) is 145 cm³/mol. The molecule has 0 aliphatic carbocycles. The van der Waals surface area contributed by atoms with Crippen molar-refractivity contribution in [3.63, 3.8) is 0 Å². The Bertz CT molecular complexity index is 1740. The first-order valence-electron chi connectivity index (χ1n) is 13.3. The van der Waals surface area contributed by atoms with Crippen molar-refractivity contribution >= 4 is 39.5 Å². The van der Waals surface area contributed by atoms with Gasteiger partial charge in [-0.05, 0) is 37.3 Å². The SMILES string of the molecule is CC[C@@](O)(C(=O)O)c1cc2c3nc4cc5c(cc4/c(=C/N4CCC(C)CC4)c3cn2c(=O)c1CO)OCCO5. The first-order valence-corrected chi connectivity index (χ1v) is 13.3. The lowest BCUT2D eigenvalue weighted by atomic mass is 9.88. The van der Waals surface area contributed by atoms with E-state index in [-0.39, 0.29) is 17.5 Å². The number of carbonyl (C=O) groups is 1. The summed E-state index contributed by atoms with van der Waals surface area (Å²) >= 11 is 0. The number of nitrogens with zero attached hydrogens (tertiary/aromatic N) is 3. The highest BCUT2D eigenvalue weighted by atomic mass is 16.6.